The summed E-state index contributed by atoms with van der Waals surface area (Å²) >= 11 is 3.10. The quantitative estimate of drug-likeness (QED) is 0.325. The molecule has 0 fully saturated rings. The van der Waals surface area contributed by atoms with Crippen molar-refractivity contribution < 1.29 is 45.0 Å². The van der Waals surface area contributed by atoms with Crippen LogP contribution in [0.15, 0.2) is 0 Å². The molecule has 0 rings (SSSR count). The monoisotopic (exact) mass is 450 g/mol. The number of hydrogen-bond acceptors (Lipinski definition) is 9. The summed E-state index contributed by atoms with van der Waals surface area (Å²) in [6.45, 7) is 0. The third-order valence-corrected chi connectivity index (χ3v) is 0. The van der Waals surface area contributed by atoms with Crippen LogP contribution < -0.4 is 30.6 Å². The average Bonchev–Trinajstić information content (AvgIpc) is 2.07. The van der Waals surface area contributed by atoms with Gasteiger partial charge in [0.2, 0.25) is 0 Å². The van der Waals surface area contributed by atoms with Gasteiger partial charge in [-0.2, -0.15) is 0 Å². The Hall–Kier alpha value is -0.593. The van der Waals surface area contributed by atoms with Crippen molar-refractivity contribution in [2.45, 2.75) is 9.88 Å². The van der Waals surface area contributed by atoms with E-state index < -0.39 is 18.5 Å². The molecule has 0 amide bonds. The predicted molar refractivity (Wildman–Crippen MR) is 39.4 cm³/mol. The van der Waals surface area contributed by atoms with E-state index in [1.54, 1.807) is 45.0 Å². The Labute approximate surface area is 118 Å². The molecule has 0 atom stereocenters. The van der Waals surface area contributed by atoms with Crippen LogP contribution in [-0.4, -0.2) is 63.5 Å². The van der Waals surface area contributed by atoms with Crippen molar-refractivity contribution in [3.63, 3.8) is 0 Å². The molecular formula is C5H6O9Sn2. The minimum atomic E-state index is -2.33. The molecule has 0 bridgehead atoms. The van der Waals surface area contributed by atoms with Crippen LogP contribution >= 0.6 is 0 Å². The fraction of sp³-hybridized carbons (Fsp3) is 0.400. The minimum absolute atomic E-state index is 1.55. The Balaban J connectivity index is -0.0000000327. The van der Waals surface area contributed by atoms with Crippen LogP contribution in [0.4, 0.5) is 14.4 Å². The van der Waals surface area contributed by atoms with Crippen LogP contribution in [0.1, 0.15) is 0 Å². The van der Waals surface area contributed by atoms with Crippen LogP contribution in [0.25, 0.3) is 0 Å². The van der Waals surface area contributed by atoms with E-state index in [2.05, 4.69) is 9.88 Å². The van der Waals surface area contributed by atoms with Gasteiger partial charge in [0, 0.05) is 0 Å². The zero-order chi connectivity index (χ0) is 14.7. The van der Waals surface area contributed by atoms with Crippen molar-refractivity contribution in [2.24, 2.45) is 0 Å². The molecule has 0 aromatic heterocycles. The number of rotatable bonds is 0. The number of hydrogen-bond donors (Lipinski definition) is 0. The first kappa shape index (κ1) is 29.5. The summed E-state index contributed by atoms with van der Waals surface area (Å²) in [5.74, 6) is 0. The van der Waals surface area contributed by atoms with Crippen LogP contribution in [0, 0.1) is 0 Å². The van der Waals surface area contributed by atoms with E-state index in [1.165, 1.54) is 0 Å². The van der Waals surface area contributed by atoms with Gasteiger partial charge in [-0.25, -0.2) is 0 Å². The molecule has 0 aliphatic heterocycles. The van der Waals surface area contributed by atoms with Crippen molar-refractivity contribution in [3.05, 3.63) is 0 Å². The third-order valence-electron chi connectivity index (χ3n) is 0. The number of carboxylic acid groups (broad SMARTS) is 6. The summed E-state index contributed by atoms with van der Waals surface area (Å²) in [7, 11) is 0. The van der Waals surface area contributed by atoms with Crippen molar-refractivity contribution in [3.8, 4) is 0 Å². The van der Waals surface area contributed by atoms with Gasteiger partial charge in [0.1, 0.15) is 0 Å². The molecule has 0 spiro atoms. The summed E-state index contributed by atoms with van der Waals surface area (Å²) in [6, 6.07) is 0. The van der Waals surface area contributed by atoms with E-state index in [0.717, 1.165) is 0 Å². The molecule has 0 aliphatic carbocycles. The molecule has 0 radical (unpaired) electrons. The molecule has 0 aromatic carbocycles. The second kappa shape index (κ2) is 36.6. The topological polar surface area (TPSA) is 190 Å². The van der Waals surface area contributed by atoms with Gasteiger partial charge in [-0.05, 0) is 18.5 Å². The molecule has 0 aromatic rings. The Kier molecular flexibility index (Phi) is 67.6. The molecule has 0 saturated heterocycles. The molecule has 0 unspecified atom stereocenters. The van der Waals surface area contributed by atoms with E-state index in [-0.39, 0.29) is 0 Å². The van der Waals surface area contributed by atoms with Gasteiger partial charge < -0.3 is 45.0 Å². The van der Waals surface area contributed by atoms with Gasteiger partial charge in [-0.1, -0.05) is 0 Å². The van der Waals surface area contributed by atoms with E-state index >= 15 is 0 Å². The molecule has 0 aliphatic rings. The van der Waals surface area contributed by atoms with Gasteiger partial charge in [-0.15, -0.1) is 0 Å². The van der Waals surface area contributed by atoms with Crippen molar-refractivity contribution in [1.82, 2.24) is 0 Å². The molecule has 9 nitrogen and oxygen atoms in total. The molecule has 0 saturated carbocycles. The van der Waals surface area contributed by atoms with Gasteiger partial charge in [0.25, 0.3) is 0 Å². The van der Waals surface area contributed by atoms with Gasteiger partial charge in [-0.3, -0.25) is 0 Å². The normalized spacial score (nSPS) is 5.38. The molecule has 0 N–H and O–H groups in total. The Bertz CT molecular complexity index is 119. The Morgan fingerprint density at radius 2 is 0.562 bits per heavy atom. The van der Waals surface area contributed by atoms with Gasteiger partial charge in [0.05, 0.1) is 0 Å². The molecule has 11 heteroatoms. The van der Waals surface area contributed by atoms with Gasteiger partial charge in [0.15, 0.2) is 0 Å². The molecule has 0 heterocycles. The maximum absolute atomic E-state index is 8.33. The van der Waals surface area contributed by atoms with Crippen molar-refractivity contribution in [1.29, 1.82) is 0 Å². The van der Waals surface area contributed by atoms with E-state index in [1.807, 2.05) is 0 Å². The first-order valence-corrected chi connectivity index (χ1v) is 8.55. The van der Waals surface area contributed by atoms with Crippen LogP contribution in [0.5, 0.6) is 0 Å². The summed E-state index contributed by atoms with van der Waals surface area (Å²) in [5.41, 5.74) is 0. The Morgan fingerprint density at radius 3 is 0.562 bits per heavy atom. The van der Waals surface area contributed by atoms with E-state index in [9.17, 15) is 0 Å². The average molecular weight is 448 g/mol. The number of carbonyl (C=O) groups is 3. The standard InChI is InChI=1S/3CH2O3.2CH3.2Sn/c3*2-1(3)4;;;;/h3*(H2,2,3,4);2*1H3;;/q;;;;;2*+3/p-6. The fourth-order valence-corrected chi connectivity index (χ4v) is 0. The summed E-state index contributed by atoms with van der Waals surface area (Å²) in [5, 5.41) is 50.0. The van der Waals surface area contributed by atoms with E-state index in [0.29, 0.717) is 0 Å². The first-order valence-electron chi connectivity index (χ1n) is 2.84. The summed E-state index contributed by atoms with van der Waals surface area (Å²) in [6.07, 6.45) is -7.00. The van der Waals surface area contributed by atoms with Crippen LogP contribution in [0.2, 0.25) is 9.88 Å². The summed E-state index contributed by atoms with van der Waals surface area (Å²) < 4.78 is 0. The summed E-state index contributed by atoms with van der Waals surface area (Å²) in [4.78, 5) is 29.2. The second-order valence-electron chi connectivity index (χ2n) is 0.750. The predicted octanol–water partition coefficient (Wildman–Crippen LogP) is -6.93. The zero-order valence-electron chi connectivity index (χ0n) is 8.17. The Morgan fingerprint density at radius 1 is 0.562 bits per heavy atom. The molecule has 16 heavy (non-hydrogen) atoms. The van der Waals surface area contributed by atoms with Crippen LogP contribution in [0.3, 0.4) is 0 Å². The number of carbonyl (C=O) groups excluding carboxylic acids is 3. The van der Waals surface area contributed by atoms with Crippen LogP contribution in [-0.2, 0) is 0 Å². The molecular weight excluding hydrogens is 441 g/mol. The fourth-order valence-electron chi connectivity index (χ4n) is 0. The van der Waals surface area contributed by atoms with Crippen molar-refractivity contribution in [2.75, 3.05) is 0 Å². The third kappa shape index (κ3) is 5880. The first-order chi connectivity index (χ1) is 7.20. The maximum atomic E-state index is 8.33. The molecule has 88 valence electrons. The van der Waals surface area contributed by atoms with Gasteiger partial charge >= 0.3 is 54.9 Å². The SMILES string of the molecule is O=C([O-])[O-].O=C([O-])[O-].O=C([O-])[O-].[CH3][Sn+3].[CH3][Sn+3]. The second-order valence-corrected chi connectivity index (χ2v) is 0.750. The zero-order valence-corrected chi connectivity index (χ0v) is 13.9. The van der Waals surface area contributed by atoms with Crippen molar-refractivity contribution >= 4 is 63.5 Å². The van der Waals surface area contributed by atoms with E-state index in [4.69, 9.17) is 45.0 Å².